The molecule has 6 nitrogen and oxygen atoms in total. The zero-order valence-corrected chi connectivity index (χ0v) is 11.2. The van der Waals surface area contributed by atoms with Gasteiger partial charge in [-0.3, -0.25) is 14.9 Å². The van der Waals surface area contributed by atoms with Crippen molar-refractivity contribution in [2.45, 2.75) is 12.8 Å². The number of pyridine rings is 1. The lowest BCUT2D eigenvalue weighted by molar-refractivity contribution is -0.386. The Bertz CT molecular complexity index is 496. The maximum Gasteiger partial charge on any atom is 0.311 e. The number of ether oxygens (including phenoxy) is 1. The normalized spacial score (nSPS) is 10.5. The Morgan fingerprint density at radius 1 is 1.67 bits per heavy atom. The van der Waals surface area contributed by atoms with Crippen molar-refractivity contribution in [2.75, 3.05) is 7.11 Å². The number of rotatable bonds is 4. The molecule has 0 N–H and O–H groups in total. The highest BCUT2D eigenvalue weighted by Gasteiger charge is 2.25. The van der Waals surface area contributed by atoms with Crippen LogP contribution >= 0.6 is 22.6 Å². The first-order valence-electron chi connectivity index (χ1n) is 4.55. The number of halogens is 3. The zero-order chi connectivity index (χ0) is 13.9. The second-order valence-electron chi connectivity index (χ2n) is 3.13. The van der Waals surface area contributed by atoms with Crippen LogP contribution in [0.15, 0.2) is 6.07 Å². The molecule has 0 bridgehead atoms. The van der Waals surface area contributed by atoms with Gasteiger partial charge in [-0.1, -0.05) is 0 Å². The van der Waals surface area contributed by atoms with Crippen LogP contribution in [0.25, 0.3) is 0 Å². The molecular formula is C9H7F2IN2O4. The number of nitro groups is 1. The molecule has 1 rings (SSSR count). The zero-order valence-electron chi connectivity index (χ0n) is 9.02. The third-order valence-corrected chi connectivity index (χ3v) is 2.81. The van der Waals surface area contributed by atoms with Crippen LogP contribution in [0.1, 0.15) is 17.8 Å². The summed E-state index contributed by atoms with van der Waals surface area (Å²) < 4.78 is 29.4. The van der Waals surface area contributed by atoms with Gasteiger partial charge in [0.05, 0.1) is 22.0 Å². The van der Waals surface area contributed by atoms with E-state index >= 15 is 0 Å². The van der Waals surface area contributed by atoms with Gasteiger partial charge in [0.25, 0.3) is 6.43 Å². The SMILES string of the molecule is COC(=O)Cc1nc(C(F)F)cc(I)c1[N+](=O)[O-]. The van der Waals surface area contributed by atoms with E-state index in [1.807, 2.05) is 0 Å². The molecule has 1 aromatic heterocycles. The van der Waals surface area contributed by atoms with Crippen molar-refractivity contribution in [3.63, 3.8) is 0 Å². The van der Waals surface area contributed by atoms with Crippen molar-refractivity contribution >= 4 is 34.2 Å². The van der Waals surface area contributed by atoms with Crippen LogP contribution in [0.3, 0.4) is 0 Å². The van der Waals surface area contributed by atoms with Gasteiger partial charge in [0.15, 0.2) is 0 Å². The molecule has 0 aliphatic rings. The monoisotopic (exact) mass is 372 g/mol. The van der Waals surface area contributed by atoms with Gasteiger partial charge in [-0.05, 0) is 28.7 Å². The molecule has 9 heteroatoms. The van der Waals surface area contributed by atoms with Gasteiger partial charge in [-0.25, -0.2) is 13.8 Å². The third-order valence-electron chi connectivity index (χ3n) is 1.98. The van der Waals surface area contributed by atoms with Crippen LogP contribution in [-0.2, 0) is 16.0 Å². The highest BCUT2D eigenvalue weighted by Crippen LogP contribution is 2.29. The number of aromatic nitrogens is 1. The summed E-state index contributed by atoms with van der Waals surface area (Å²) >= 11 is 1.55. The number of alkyl halides is 2. The summed E-state index contributed by atoms with van der Waals surface area (Å²) in [5.74, 6) is -0.784. The standard InChI is InChI=1S/C9H7F2IN2O4/c1-18-7(15)3-5-8(14(16)17)4(12)2-6(13-5)9(10)11/h2,9H,3H2,1H3. The van der Waals surface area contributed by atoms with Crippen LogP contribution in [0.2, 0.25) is 0 Å². The lowest BCUT2D eigenvalue weighted by Crippen LogP contribution is -2.11. The molecule has 0 atom stereocenters. The van der Waals surface area contributed by atoms with E-state index in [4.69, 9.17) is 0 Å². The molecule has 98 valence electrons. The molecule has 0 aliphatic carbocycles. The van der Waals surface area contributed by atoms with Gasteiger partial charge in [0, 0.05) is 0 Å². The Morgan fingerprint density at radius 3 is 2.72 bits per heavy atom. The first-order chi connectivity index (χ1) is 8.36. The minimum absolute atomic E-state index is 0.00167. The number of carbonyl (C=O) groups excluding carboxylic acids is 1. The molecule has 0 saturated heterocycles. The number of nitrogens with zero attached hydrogens (tertiary/aromatic N) is 2. The maximum absolute atomic E-state index is 12.5. The summed E-state index contributed by atoms with van der Waals surface area (Å²) in [6, 6.07) is 0.921. The van der Waals surface area contributed by atoms with Gasteiger partial charge in [-0.2, -0.15) is 0 Å². The Balaban J connectivity index is 3.33. The molecule has 0 amide bonds. The highest BCUT2D eigenvalue weighted by molar-refractivity contribution is 14.1. The first kappa shape index (κ1) is 14.7. The van der Waals surface area contributed by atoms with Crippen molar-refractivity contribution in [3.8, 4) is 0 Å². The third kappa shape index (κ3) is 3.31. The number of esters is 1. The van der Waals surface area contributed by atoms with E-state index in [1.54, 1.807) is 22.6 Å². The van der Waals surface area contributed by atoms with Crippen LogP contribution in [0, 0.1) is 13.7 Å². The van der Waals surface area contributed by atoms with Crippen molar-refractivity contribution in [1.82, 2.24) is 4.98 Å². The summed E-state index contributed by atoms with van der Waals surface area (Å²) in [5.41, 5.74) is -1.39. The number of hydrogen-bond acceptors (Lipinski definition) is 5. The fourth-order valence-electron chi connectivity index (χ4n) is 1.21. The molecule has 0 saturated carbocycles. The quantitative estimate of drug-likeness (QED) is 0.351. The molecule has 0 spiro atoms. The van der Waals surface area contributed by atoms with Gasteiger partial charge < -0.3 is 4.74 Å². The molecular weight excluding hydrogens is 365 g/mol. The predicted octanol–water partition coefficient (Wildman–Crippen LogP) is 2.25. The van der Waals surface area contributed by atoms with Crippen LogP contribution in [-0.4, -0.2) is 23.0 Å². The molecule has 0 unspecified atom stereocenters. The molecule has 0 aliphatic heterocycles. The smallest absolute Gasteiger partial charge is 0.311 e. The molecule has 0 radical (unpaired) electrons. The Kier molecular flexibility index (Phi) is 4.87. The topological polar surface area (TPSA) is 82.3 Å². The predicted molar refractivity (Wildman–Crippen MR) is 64.3 cm³/mol. The van der Waals surface area contributed by atoms with E-state index in [-0.39, 0.29) is 9.26 Å². The fraction of sp³-hybridized carbons (Fsp3) is 0.333. The number of carbonyl (C=O) groups is 1. The Morgan fingerprint density at radius 2 is 2.28 bits per heavy atom. The van der Waals surface area contributed by atoms with Crippen molar-refractivity contribution in [3.05, 3.63) is 31.1 Å². The lowest BCUT2D eigenvalue weighted by Gasteiger charge is -2.06. The number of hydrogen-bond donors (Lipinski definition) is 0. The molecule has 0 aromatic carbocycles. The summed E-state index contributed by atoms with van der Waals surface area (Å²) in [4.78, 5) is 24.6. The molecule has 0 fully saturated rings. The van der Waals surface area contributed by atoms with Crippen LogP contribution in [0.5, 0.6) is 0 Å². The van der Waals surface area contributed by atoms with Gasteiger partial charge >= 0.3 is 11.7 Å². The van der Waals surface area contributed by atoms with E-state index < -0.39 is 35.1 Å². The molecule has 1 heterocycles. The Labute approximate surface area is 114 Å². The minimum atomic E-state index is -2.87. The fourth-order valence-corrected chi connectivity index (χ4v) is 2.04. The summed E-state index contributed by atoms with van der Waals surface area (Å²) in [6.45, 7) is 0. The average molecular weight is 372 g/mol. The van der Waals surface area contributed by atoms with E-state index in [2.05, 4.69) is 9.72 Å². The summed E-state index contributed by atoms with van der Waals surface area (Å²) in [5, 5.41) is 10.8. The van der Waals surface area contributed by atoms with E-state index in [1.165, 1.54) is 0 Å². The lowest BCUT2D eigenvalue weighted by atomic mass is 10.2. The summed E-state index contributed by atoms with van der Waals surface area (Å²) in [7, 11) is 1.09. The molecule has 1 aromatic rings. The van der Waals surface area contributed by atoms with Gasteiger partial charge in [-0.15, -0.1) is 0 Å². The minimum Gasteiger partial charge on any atom is -0.469 e. The van der Waals surface area contributed by atoms with E-state index in [9.17, 15) is 23.7 Å². The van der Waals surface area contributed by atoms with Gasteiger partial charge in [0.1, 0.15) is 11.4 Å². The summed E-state index contributed by atoms with van der Waals surface area (Å²) in [6.07, 6.45) is -3.39. The van der Waals surface area contributed by atoms with Crippen LogP contribution < -0.4 is 0 Å². The van der Waals surface area contributed by atoms with Crippen molar-refractivity contribution in [1.29, 1.82) is 0 Å². The van der Waals surface area contributed by atoms with E-state index in [0.717, 1.165) is 13.2 Å². The Hall–Kier alpha value is -1.39. The number of methoxy groups -OCH3 is 1. The second kappa shape index (κ2) is 5.98. The van der Waals surface area contributed by atoms with E-state index in [0.29, 0.717) is 0 Å². The second-order valence-corrected chi connectivity index (χ2v) is 4.30. The van der Waals surface area contributed by atoms with Gasteiger partial charge in [0.2, 0.25) is 0 Å². The van der Waals surface area contributed by atoms with Crippen LogP contribution in [0.4, 0.5) is 14.5 Å². The first-order valence-corrected chi connectivity index (χ1v) is 5.63. The maximum atomic E-state index is 12.5. The van der Waals surface area contributed by atoms with Crippen molar-refractivity contribution < 1.29 is 23.2 Å². The highest BCUT2D eigenvalue weighted by atomic mass is 127. The molecule has 18 heavy (non-hydrogen) atoms. The average Bonchev–Trinajstić information content (AvgIpc) is 2.27. The largest absolute Gasteiger partial charge is 0.469 e. The van der Waals surface area contributed by atoms with Crippen molar-refractivity contribution in [2.24, 2.45) is 0 Å².